The first-order chi connectivity index (χ1) is 8.31. The number of ether oxygens (including phenoxy) is 3. The van der Waals surface area contributed by atoms with Crippen LogP contribution in [0.1, 0.15) is 18.4 Å². The Balaban J connectivity index is 2.46. The fourth-order valence-electron chi connectivity index (χ4n) is 1.46. The molecule has 0 radical (unpaired) electrons. The summed E-state index contributed by atoms with van der Waals surface area (Å²) in [6.45, 7) is 1.45. The number of unbranched alkanes of at least 4 members (excludes halogenated alkanes) is 1. The summed E-state index contributed by atoms with van der Waals surface area (Å²) in [6.07, 6.45) is 1.98. The molecule has 0 fully saturated rings. The Morgan fingerprint density at radius 2 is 1.88 bits per heavy atom. The van der Waals surface area contributed by atoms with E-state index in [1.165, 1.54) is 0 Å². The van der Waals surface area contributed by atoms with Crippen LogP contribution in [0.15, 0.2) is 18.2 Å². The van der Waals surface area contributed by atoms with Gasteiger partial charge in [0.1, 0.15) is 11.5 Å². The maximum atomic E-state index is 5.87. The molecule has 0 amide bonds. The van der Waals surface area contributed by atoms with Gasteiger partial charge in [0.05, 0.1) is 19.6 Å². The Morgan fingerprint density at radius 3 is 2.53 bits per heavy atom. The lowest BCUT2D eigenvalue weighted by molar-refractivity contribution is 0.184. The van der Waals surface area contributed by atoms with E-state index >= 15 is 0 Å². The van der Waals surface area contributed by atoms with Crippen LogP contribution < -0.4 is 9.47 Å². The molecule has 0 aliphatic rings. The minimum absolute atomic E-state index is 0.421. The highest BCUT2D eigenvalue weighted by molar-refractivity contribution is 6.17. The summed E-state index contributed by atoms with van der Waals surface area (Å²) < 4.78 is 15.8. The van der Waals surface area contributed by atoms with Crippen LogP contribution in [0.4, 0.5) is 0 Å². The maximum Gasteiger partial charge on any atom is 0.123 e. The van der Waals surface area contributed by atoms with Crippen LogP contribution in [-0.2, 0) is 10.6 Å². The predicted octanol–water partition coefficient (Wildman–Crippen LogP) is 3.24. The molecule has 0 aliphatic carbocycles. The molecule has 0 atom stereocenters. The number of methoxy groups -OCH3 is 2. The van der Waals surface area contributed by atoms with Crippen molar-refractivity contribution in [3.63, 3.8) is 0 Å². The van der Waals surface area contributed by atoms with E-state index in [2.05, 4.69) is 0 Å². The van der Waals surface area contributed by atoms with Crippen molar-refractivity contribution in [2.75, 3.05) is 27.4 Å². The van der Waals surface area contributed by atoms with E-state index in [1.54, 1.807) is 14.2 Å². The van der Waals surface area contributed by atoms with Gasteiger partial charge in [0.15, 0.2) is 0 Å². The lowest BCUT2D eigenvalue weighted by Gasteiger charge is -2.11. The van der Waals surface area contributed by atoms with Gasteiger partial charge in [-0.25, -0.2) is 0 Å². The van der Waals surface area contributed by atoms with E-state index in [9.17, 15) is 0 Å². The van der Waals surface area contributed by atoms with Gasteiger partial charge in [-0.05, 0) is 31.0 Å². The summed E-state index contributed by atoms with van der Waals surface area (Å²) in [4.78, 5) is 0. The first-order valence-corrected chi connectivity index (χ1v) is 6.20. The number of alkyl halides is 1. The zero-order valence-corrected chi connectivity index (χ0v) is 11.1. The van der Waals surface area contributed by atoms with Gasteiger partial charge < -0.3 is 14.2 Å². The minimum atomic E-state index is 0.421. The molecule has 0 saturated heterocycles. The molecular formula is C13H19ClO3. The zero-order chi connectivity index (χ0) is 12.5. The van der Waals surface area contributed by atoms with Crippen LogP contribution in [0, 0.1) is 0 Å². The summed E-state index contributed by atoms with van der Waals surface area (Å²) in [5.41, 5.74) is 0.956. The van der Waals surface area contributed by atoms with Crippen LogP contribution in [0.25, 0.3) is 0 Å². The standard InChI is InChI=1S/C13H19ClO3/c1-15-7-3-4-8-17-13-6-5-12(16-2)9-11(13)10-14/h5-6,9H,3-4,7-8,10H2,1-2H3. The van der Waals surface area contributed by atoms with Gasteiger partial charge in [0, 0.05) is 19.3 Å². The zero-order valence-electron chi connectivity index (χ0n) is 10.4. The second-order valence-electron chi connectivity index (χ2n) is 3.66. The van der Waals surface area contributed by atoms with Crippen LogP contribution in [0.5, 0.6) is 11.5 Å². The second kappa shape index (κ2) is 8.20. The SMILES string of the molecule is COCCCCOc1ccc(OC)cc1CCl. The lowest BCUT2D eigenvalue weighted by atomic mass is 10.2. The third-order valence-corrected chi connectivity index (χ3v) is 2.70. The van der Waals surface area contributed by atoms with Gasteiger partial charge in [-0.15, -0.1) is 11.6 Å². The third kappa shape index (κ3) is 4.84. The lowest BCUT2D eigenvalue weighted by Crippen LogP contribution is -2.01. The Bertz CT molecular complexity index is 328. The Labute approximate surface area is 108 Å². The fraction of sp³-hybridized carbons (Fsp3) is 0.538. The molecule has 17 heavy (non-hydrogen) atoms. The van der Waals surface area contributed by atoms with Crippen LogP contribution in [0.2, 0.25) is 0 Å². The summed E-state index contributed by atoms with van der Waals surface area (Å²) in [5.74, 6) is 2.05. The van der Waals surface area contributed by atoms with Crippen molar-refractivity contribution in [1.82, 2.24) is 0 Å². The molecule has 96 valence electrons. The molecule has 0 N–H and O–H groups in total. The van der Waals surface area contributed by atoms with Gasteiger partial charge in [0.2, 0.25) is 0 Å². The van der Waals surface area contributed by atoms with E-state index in [1.807, 2.05) is 18.2 Å². The average Bonchev–Trinajstić information content (AvgIpc) is 2.38. The van der Waals surface area contributed by atoms with Crippen molar-refractivity contribution in [3.8, 4) is 11.5 Å². The summed E-state index contributed by atoms with van der Waals surface area (Å²) in [5, 5.41) is 0. The molecule has 0 bridgehead atoms. The van der Waals surface area contributed by atoms with Crippen molar-refractivity contribution in [2.24, 2.45) is 0 Å². The average molecular weight is 259 g/mol. The molecule has 1 aromatic carbocycles. The molecule has 1 rings (SSSR count). The van der Waals surface area contributed by atoms with Gasteiger partial charge >= 0.3 is 0 Å². The van der Waals surface area contributed by atoms with Crippen LogP contribution in [0.3, 0.4) is 0 Å². The van der Waals surface area contributed by atoms with Crippen LogP contribution >= 0.6 is 11.6 Å². The molecule has 0 aromatic heterocycles. The largest absolute Gasteiger partial charge is 0.497 e. The number of benzene rings is 1. The van der Waals surface area contributed by atoms with Crippen molar-refractivity contribution < 1.29 is 14.2 Å². The van der Waals surface area contributed by atoms with Crippen molar-refractivity contribution in [3.05, 3.63) is 23.8 Å². The highest BCUT2D eigenvalue weighted by Gasteiger charge is 2.04. The van der Waals surface area contributed by atoms with Crippen molar-refractivity contribution in [1.29, 1.82) is 0 Å². The molecular weight excluding hydrogens is 240 g/mol. The van der Waals surface area contributed by atoms with Crippen molar-refractivity contribution in [2.45, 2.75) is 18.7 Å². The van der Waals surface area contributed by atoms with E-state index in [0.29, 0.717) is 12.5 Å². The van der Waals surface area contributed by atoms with Gasteiger partial charge in [-0.2, -0.15) is 0 Å². The normalized spacial score (nSPS) is 10.3. The molecule has 0 unspecified atom stereocenters. The third-order valence-electron chi connectivity index (χ3n) is 2.41. The first-order valence-electron chi connectivity index (χ1n) is 5.66. The molecule has 0 aliphatic heterocycles. The number of rotatable bonds is 8. The number of hydrogen-bond donors (Lipinski definition) is 0. The number of hydrogen-bond acceptors (Lipinski definition) is 3. The van der Waals surface area contributed by atoms with Gasteiger partial charge in [0.25, 0.3) is 0 Å². The Hall–Kier alpha value is -0.930. The van der Waals surface area contributed by atoms with E-state index in [4.69, 9.17) is 25.8 Å². The highest BCUT2D eigenvalue weighted by atomic mass is 35.5. The molecule has 1 aromatic rings. The Kier molecular flexibility index (Phi) is 6.82. The minimum Gasteiger partial charge on any atom is -0.497 e. The topological polar surface area (TPSA) is 27.7 Å². The van der Waals surface area contributed by atoms with Gasteiger partial charge in [-0.1, -0.05) is 0 Å². The summed E-state index contributed by atoms with van der Waals surface area (Å²) >= 11 is 5.87. The first kappa shape index (κ1) is 14.1. The Morgan fingerprint density at radius 1 is 1.12 bits per heavy atom. The van der Waals surface area contributed by atoms with E-state index in [0.717, 1.165) is 36.5 Å². The fourth-order valence-corrected chi connectivity index (χ4v) is 1.67. The highest BCUT2D eigenvalue weighted by Crippen LogP contribution is 2.25. The molecule has 0 spiro atoms. The smallest absolute Gasteiger partial charge is 0.123 e. The number of halogens is 1. The van der Waals surface area contributed by atoms with Gasteiger partial charge in [-0.3, -0.25) is 0 Å². The molecule has 0 heterocycles. The summed E-state index contributed by atoms with van der Waals surface area (Å²) in [7, 11) is 3.34. The molecule has 3 nitrogen and oxygen atoms in total. The van der Waals surface area contributed by atoms with E-state index in [-0.39, 0.29) is 0 Å². The summed E-state index contributed by atoms with van der Waals surface area (Å²) in [6, 6.07) is 5.67. The predicted molar refractivity (Wildman–Crippen MR) is 69.2 cm³/mol. The van der Waals surface area contributed by atoms with Crippen LogP contribution in [-0.4, -0.2) is 27.4 Å². The van der Waals surface area contributed by atoms with Crippen molar-refractivity contribution >= 4 is 11.6 Å². The maximum absolute atomic E-state index is 5.87. The quantitative estimate of drug-likeness (QED) is 0.529. The second-order valence-corrected chi connectivity index (χ2v) is 3.92. The molecule has 0 saturated carbocycles. The molecule has 4 heteroatoms. The van der Waals surface area contributed by atoms with E-state index < -0.39 is 0 Å². The monoisotopic (exact) mass is 258 g/mol.